The average molecular weight is 294 g/mol. The second-order valence-corrected chi connectivity index (χ2v) is 4.50. The first-order valence-corrected chi connectivity index (χ1v) is 6.35. The van der Waals surface area contributed by atoms with Crippen LogP contribution in [0.4, 0.5) is 0 Å². The number of nitrogens with one attached hydrogen (secondary N) is 1. The van der Waals surface area contributed by atoms with E-state index < -0.39 is 6.10 Å². The highest BCUT2D eigenvalue weighted by molar-refractivity contribution is 6.42. The van der Waals surface area contributed by atoms with Gasteiger partial charge in [0.2, 0.25) is 0 Å². The third-order valence-corrected chi connectivity index (χ3v) is 3.01. The van der Waals surface area contributed by atoms with E-state index in [0.717, 1.165) is 0 Å². The quantitative estimate of drug-likeness (QED) is 0.720. The molecular formula is C12H17Cl2NO3. The summed E-state index contributed by atoms with van der Waals surface area (Å²) in [5, 5.41) is 13.5. The van der Waals surface area contributed by atoms with E-state index in [1.54, 1.807) is 25.3 Å². The molecule has 1 atom stereocenters. The van der Waals surface area contributed by atoms with Crippen LogP contribution in [0, 0.1) is 0 Å². The maximum Gasteiger partial charge on any atom is 0.139 e. The number of hydrogen-bond acceptors (Lipinski definition) is 4. The first-order chi connectivity index (χ1) is 8.65. The van der Waals surface area contributed by atoms with Crippen LogP contribution in [-0.2, 0) is 4.74 Å². The maximum atomic E-state index is 9.67. The molecule has 102 valence electrons. The zero-order chi connectivity index (χ0) is 13.4. The van der Waals surface area contributed by atoms with Crippen molar-refractivity contribution in [1.82, 2.24) is 5.32 Å². The van der Waals surface area contributed by atoms with E-state index in [1.165, 1.54) is 0 Å². The van der Waals surface area contributed by atoms with Crippen LogP contribution in [0.2, 0.25) is 10.0 Å². The van der Waals surface area contributed by atoms with Gasteiger partial charge in [0.05, 0.1) is 11.6 Å². The van der Waals surface area contributed by atoms with Crippen LogP contribution in [0.15, 0.2) is 18.2 Å². The summed E-state index contributed by atoms with van der Waals surface area (Å²) in [5.74, 6) is 0.472. The Bertz CT molecular complexity index is 363. The second-order valence-electron chi connectivity index (χ2n) is 3.71. The molecule has 0 spiro atoms. The molecule has 6 heteroatoms. The number of hydrogen-bond donors (Lipinski definition) is 2. The van der Waals surface area contributed by atoms with Crippen LogP contribution < -0.4 is 10.1 Å². The molecule has 0 aliphatic rings. The van der Waals surface area contributed by atoms with Crippen molar-refractivity contribution in [1.29, 1.82) is 0 Å². The molecule has 1 unspecified atom stereocenters. The summed E-state index contributed by atoms with van der Waals surface area (Å²) >= 11 is 11.8. The molecule has 1 aromatic carbocycles. The molecule has 0 saturated carbocycles. The van der Waals surface area contributed by atoms with Crippen molar-refractivity contribution >= 4 is 23.2 Å². The molecule has 4 nitrogen and oxygen atoms in total. The third-order valence-electron chi connectivity index (χ3n) is 2.21. The molecule has 0 bridgehead atoms. The van der Waals surface area contributed by atoms with Crippen molar-refractivity contribution < 1.29 is 14.6 Å². The topological polar surface area (TPSA) is 50.7 Å². The van der Waals surface area contributed by atoms with Crippen molar-refractivity contribution in [2.45, 2.75) is 6.10 Å². The number of benzene rings is 1. The SMILES string of the molecule is COCCNCC(O)COc1cccc(Cl)c1Cl. The van der Waals surface area contributed by atoms with E-state index in [9.17, 15) is 5.11 Å². The van der Waals surface area contributed by atoms with Gasteiger partial charge in [-0.15, -0.1) is 0 Å². The number of aliphatic hydroxyl groups excluding tert-OH is 1. The molecule has 0 amide bonds. The zero-order valence-electron chi connectivity index (χ0n) is 10.2. The van der Waals surface area contributed by atoms with Gasteiger partial charge in [-0.3, -0.25) is 0 Å². The van der Waals surface area contributed by atoms with Gasteiger partial charge in [0.1, 0.15) is 23.5 Å². The lowest BCUT2D eigenvalue weighted by Crippen LogP contribution is -2.33. The number of ether oxygens (including phenoxy) is 2. The predicted octanol–water partition coefficient (Wildman–Crippen LogP) is 1.97. The summed E-state index contributed by atoms with van der Waals surface area (Å²) in [4.78, 5) is 0. The fourth-order valence-corrected chi connectivity index (χ4v) is 1.63. The molecule has 0 radical (unpaired) electrons. The number of aliphatic hydroxyl groups is 1. The Labute approximate surface area is 117 Å². The first-order valence-electron chi connectivity index (χ1n) is 5.59. The fourth-order valence-electron chi connectivity index (χ4n) is 1.28. The van der Waals surface area contributed by atoms with Gasteiger partial charge < -0.3 is 19.9 Å². The minimum atomic E-state index is -0.614. The maximum absolute atomic E-state index is 9.67. The Balaban J connectivity index is 2.29. The molecule has 0 fully saturated rings. The first kappa shape index (κ1) is 15.5. The number of halogens is 2. The highest BCUT2D eigenvalue weighted by Gasteiger charge is 2.08. The summed E-state index contributed by atoms with van der Waals surface area (Å²) in [5.41, 5.74) is 0. The van der Waals surface area contributed by atoms with Crippen LogP contribution >= 0.6 is 23.2 Å². The monoisotopic (exact) mass is 293 g/mol. The molecule has 0 aliphatic carbocycles. The van der Waals surface area contributed by atoms with Crippen molar-refractivity contribution in [3.05, 3.63) is 28.2 Å². The van der Waals surface area contributed by atoms with E-state index in [2.05, 4.69) is 5.32 Å². The lowest BCUT2D eigenvalue weighted by Gasteiger charge is -2.14. The van der Waals surface area contributed by atoms with Gasteiger partial charge in [-0.25, -0.2) is 0 Å². The minimum absolute atomic E-state index is 0.153. The molecule has 1 rings (SSSR count). The summed E-state index contributed by atoms with van der Waals surface area (Å²) < 4.78 is 10.3. The van der Waals surface area contributed by atoms with Gasteiger partial charge in [0.25, 0.3) is 0 Å². The van der Waals surface area contributed by atoms with Gasteiger partial charge >= 0.3 is 0 Å². The number of methoxy groups -OCH3 is 1. The summed E-state index contributed by atoms with van der Waals surface area (Å²) in [7, 11) is 1.63. The molecule has 0 aromatic heterocycles. The highest BCUT2D eigenvalue weighted by Crippen LogP contribution is 2.31. The van der Waals surface area contributed by atoms with Crippen molar-refractivity contribution in [3.8, 4) is 5.75 Å². The minimum Gasteiger partial charge on any atom is -0.489 e. The van der Waals surface area contributed by atoms with Gasteiger partial charge in [-0.2, -0.15) is 0 Å². The van der Waals surface area contributed by atoms with Crippen LogP contribution in [0.3, 0.4) is 0 Å². The fraction of sp³-hybridized carbons (Fsp3) is 0.500. The standard InChI is InChI=1S/C12H17Cl2NO3/c1-17-6-5-15-7-9(16)8-18-11-4-2-3-10(13)12(11)14/h2-4,9,15-16H,5-8H2,1H3. The molecule has 18 heavy (non-hydrogen) atoms. The highest BCUT2D eigenvalue weighted by atomic mass is 35.5. The Hall–Kier alpha value is -0.520. The molecular weight excluding hydrogens is 277 g/mol. The van der Waals surface area contributed by atoms with Crippen molar-refractivity contribution in [3.63, 3.8) is 0 Å². The lowest BCUT2D eigenvalue weighted by molar-refractivity contribution is 0.103. The molecule has 1 aromatic rings. The third kappa shape index (κ3) is 5.42. The van der Waals surface area contributed by atoms with E-state index in [4.69, 9.17) is 32.7 Å². The van der Waals surface area contributed by atoms with E-state index in [-0.39, 0.29) is 6.61 Å². The summed E-state index contributed by atoms with van der Waals surface area (Å²) in [6, 6.07) is 5.13. The Morgan fingerprint density at radius 3 is 2.89 bits per heavy atom. The summed E-state index contributed by atoms with van der Waals surface area (Å²) in [6.45, 7) is 1.88. The van der Waals surface area contributed by atoms with Gasteiger partial charge in [-0.1, -0.05) is 29.3 Å². The Kier molecular flexibility index (Phi) is 7.39. The smallest absolute Gasteiger partial charge is 0.139 e. The van der Waals surface area contributed by atoms with Crippen LogP contribution in [0.5, 0.6) is 5.75 Å². The van der Waals surface area contributed by atoms with Crippen LogP contribution in [0.1, 0.15) is 0 Å². The van der Waals surface area contributed by atoms with Crippen LogP contribution in [0.25, 0.3) is 0 Å². The van der Waals surface area contributed by atoms with Gasteiger partial charge in [-0.05, 0) is 12.1 Å². The molecule has 0 aliphatic heterocycles. The average Bonchev–Trinajstić information content (AvgIpc) is 2.36. The largest absolute Gasteiger partial charge is 0.489 e. The predicted molar refractivity (Wildman–Crippen MR) is 72.7 cm³/mol. The lowest BCUT2D eigenvalue weighted by atomic mass is 10.3. The zero-order valence-corrected chi connectivity index (χ0v) is 11.7. The van der Waals surface area contributed by atoms with Crippen molar-refractivity contribution in [2.24, 2.45) is 0 Å². The summed E-state index contributed by atoms with van der Waals surface area (Å²) in [6.07, 6.45) is -0.614. The normalized spacial score (nSPS) is 12.4. The van der Waals surface area contributed by atoms with Crippen molar-refractivity contribution in [2.75, 3.05) is 33.4 Å². The van der Waals surface area contributed by atoms with E-state index in [0.29, 0.717) is 35.5 Å². The van der Waals surface area contributed by atoms with Crippen LogP contribution in [-0.4, -0.2) is 44.6 Å². The van der Waals surface area contributed by atoms with E-state index in [1.807, 2.05) is 0 Å². The molecule has 0 saturated heterocycles. The Morgan fingerprint density at radius 2 is 2.17 bits per heavy atom. The van der Waals surface area contributed by atoms with Gasteiger partial charge in [0.15, 0.2) is 0 Å². The molecule has 2 N–H and O–H groups in total. The van der Waals surface area contributed by atoms with E-state index >= 15 is 0 Å². The Morgan fingerprint density at radius 1 is 1.39 bits per heavy atom. The number of rotatable bonds is 8. The van der Waals surface area contributed by atoms with Gasteiger partial charge in [0, 0.05) is 20.2 Å². The second kappa shape index (κ2) is 8.56. The molecule has 0 heterocycles.